The third kappa shape index (κ3) is 3.50. The van der Waals surface area contributed by atoms with Gasteiger partial charge in [0.25, 0.3) is 0 Å². The molecule has 2 aliphatic heterocycles. The van der Waals surface area contributed by atoms with Crippen molar-refractivity contribution >= 4 is 37.8 Å². The van der Waals surface area contributed by atoms with Crippen LogP contribution in [0.15, 0.2) is 40.0 Å². The zero-order valence-electron chi connectivity index (χ0n) is 14.4. The lowest BCUT2D eigenvalue weighted by Crippen LogP contribution is -2.52. The number of carbonyl (C=O) groups excluding carboxylic acids is 2. The number of benzene rings is 1. The van der Waals surface area contributed by atoms with Crippen molar-refractivity contribution in [3.8, 4) is 0 Å². The Morgan fingerprint density at radius 2 is 1.96 bits per heavy atom. The van der Waals surface area contributed by atoms with Gasteiger partial charge in [0.2, 0.25) is 0 Å². The van der Waals surface area contributed by atoms with E-state index in [0.717, 1.165) is 10.0 Å². The molecule has 0 spiro atoms. The van der Waals surface area contributed by atoms with Crippen molar-refractivity contribution in [2.45, 2.75) is 25.4 Å². The first-order chi connectivity index (χ1) is 12.2. The van der Waals surface area contributed by atoms with Crippen LogP contribution in [0.25, 0.3) is 0 Å². The highest BCUT2D eigenvalue weighted by molar-refractivity contribution is 9.10. The van der Waals surface area contributed by atoms with Gasteiger partial charge in [-0.25, -0.2) is 18.0 Å². The smallest absolute Gasteiger partial charge is 0.337 e. The molecule has 1 fully saturated rings. The van der Waals surface area contributed by atoms with E-state index in [1.54, 1.807) is 19.1 Å². The van der Waals surface area contributed by atoms with E-state index in [1.165, 1.54) is 12.0 Å². The Hall–Kier alpha value is -1.87. The maximum atomic E-state index is 12.7. The summed E-state index contributed by atoms with van der Waals surface area (Å²) in [6.07, 6.45) is 0.352. The number of esters is 1. The first-order valence-corrected chi connectivity index (χ1v) is 10.7. The topological polar surface area (TPSA) is 92.8 Å². The highest BCUT2D eigenvalue weighted by Crippen LogP contribution is 2.34. The zero-order valence-corrected chi connectivity index (χ0v) is 16.8. The Labute approximate surface area is 160 Å². The van der Waals surface area contributed by atoms with Crippen LogP contribution >= 0.6 is 15.9 Å². The van der Waals surface area contributed by atoms with Crippen LogP contribution in [0.4, 0.5) is 4.79 Å². The normalized spacial score (nSPS) is 25.2. The molecule has 1 saturated heterocycles. The van der Waals surface area contributed by atoms with Crippen LogP contribution in [0.3, 0.4) is 0 Å². The molecular weight excluding hydrogens is 424 g/mol. The Morgan fingerprint density at radius 3 is 2.50 bits per heavy atom. The number of nitrogens with one attached hydrogen (secondary N) is 1. The fourth-order valence-corrected chi connectivity index (χ4v) is 5.42. The van der Waals surface area contributed by atoms with Gasteiger partial charge in [-0.05, 0) is 31.0 Å². The lowest BCUT2D eigenvalue weighted by Gasteiger charge is -2.38. The van der Waals surface area contributed by atoms with Gasteiger partial charge in [-0.3, -0.25) is 4.90 Å². The summed E-state index contributed by atoms with van der Waals surface area (Å²) in [5.41, 5.74) is 1.47. The third-order valence-electron chi connectivity index (χ3n) is 4.71. The molecule has 0 aromatic heterocycles. The first kappa shape index (κ1) is 18.9. The van der Waals surface area contributed by atoms with Crippen molar-refractivity contribution in [1.82, 2.24) is 10.2 Å². The fraction of sp³-hybridized carbons (Fsp3) is 0.412. The number of hydrogen-bond acceptors (Lipinski definition) is 5. The Morgan fingerprint density at radius 1 is 1.31 bits per heavy atom. The zero-order chi connectivity index (χ0) is 19.1. The van der Waals surface area contributed by atoms with Crippen LogP contribution < -0.4 is 5.32 Å². The number of halogens is 1. The molecule has 2 aliphatic rings. The maximum absolute atomic E-state index is 12.7. The van der Waals surface area contributed by atoms with Gasteiger partial charge < -0.3 is 10.1 Å². The molecule has 1 aromatic carbocycles. The number of carbonyl (C=O) groups is 2. The summed E-state index contributed by atoms with van der Waals surface area (Å²) in [5.74, 6) is -0.616. The molecule has 3 rings (SSSR count). The van der Waals surface area contributed by atoms with E-state index in [2.05, 4.69) is 21.2 Å². The van der Waals surface area contributed by atoms with E-state index in [4.69, 9.17) is 4.74 Å². The largest absolute Gasteiger partial charge is 0.466 e. The average Bonchev–Trinajstić information content (AvgIpc) is 2.94. The number of ether oxygens (including phenoxy) is 1. The number of allylic oxidation sites excluding steroid dienone is 1. The van der Waals surface area contributed by atoms with Gasteiger partial charge in [0.1, 0.15) is 0 Å². The second kappa shape index (κ2) is 7.03. The molecule has 0 saturated carbocycles. The number of sulfone groups is 1. The number of rotatable bonds is 3. The fourth-order valence-electron chi connectivity index (χ4n) is 3.46. The Kier molecular flexibility index (Phi) is 5.12. The van der Waals surface area contributed by atoms with Crippen LogP contribution in [0.2, 0.25) is 0 Å². The van der Waals surface area contributed by atoms with E-state index >= 15 is 0 Å². The highest BCUT2D eigenvalue weighted by Gasteiger charge is 2.42. The molecule has 0 unspecified atom stereocenters. The molecule has 9 heteroatoms. The summed E-state index contributed by atoms with van der Waals surface area (Å²) in [6, 6.07) is 5.71. The molecule has 1 aromatic rings. The quantitative estimate of drug-likeness (QED) is 0.723. The second-order valence-corrected chi connectivity index (χ2v) is 9.50. The average molecular weight is 443 g/mol. The summed E-state index contributed by atoms with van der Waals surface area (Å²) in [4.78, 5) is 26.6. The van der Waals surface area contributed by atoms with Gasteiger partial charge in [-0.2, -0.15) is 0 Å². The van der Waals surface area contributed by atoms with E-state index < -0.39 is 33.9 Å². The van der Waals surface area contributed by atoms with E-state index in [9.17, 15) is 18.0 Å². The molecule has 26 heavy (non-hydrogen) atoms. The predicted molar refractivity (Wildman–Crippen MR) is 99.0 cm³/mol. The lowest BCUT2D eigenvalue weighted by molar-refractivity contribution is -0.136. The molecule has 2 atom stereocenters. The SMILES string of the molecule is COC(=O)C1=C(C)N([C@H]2CCS(=O)(=O)C2)C(=O)N[C@@H]1c1ccc(Br)cc1. The molecule has 2 heterocycles. The van der Waals surface area contributed by atoms with Gasteiger partial charge in [0.15, 0.2) is 9.84 Å². The molecule has 140 valence electrons. The maximum Gasteiger partial charge on any atom is 0.337 e. The minimum Gasteiger partial charge on any atom is -0.466 e. The minimum absolute atomic E-state index is 0.0401. The third-order valence-corrected chi connectivity index (χ3v) is 6.99. The van der Waals surface area contributed by atoms with Crippen molar-refractivity contribution in [3.63, 3.8) is 0 Å². The van der Waals surface area contributed by atoms with Gasteiger partial charge in [-0.15, -0.1) is 0 Å². The Balaban J connectivity index is 2.05. The van der Waals surface area contributed by atoms with Gasteiger partial charge in [-0.1, -0.05) is 28.1 Å². The van der Waals surface area contributed by atoms with E-state index in [0.29, 0.717) is 17.7 Å². The second-order valence-electron chi connectivity index (χ2n) is 6.35. The molecule has 1 N–H and O–H groups in total. The van der Waals surface area contributed by atoms with Crippen molar-refractivity contribution in [2.24, 2.45) is 0 Å². The minimum atomic E-state index is -3.17. The Bertz CT molecular complexity index is 879. The van der Waals surface area contributed by atoms with Gasteiger partial charge >= 0.3 is 12.0 Å². The van der Waals surface area contributed by atoms with Crippen LogP contribution in [0, 0.1) is 0 Å². The molecule has 0 aliphatic carbocycles. The number of nitrogens with zero attached hydrogens (tertiary/aromatic N) is 1. The van der Waals surface area contributed by atoms with Crippen LogP contribution in [0.5, 0.6) is 0 Å². The van der Waals surface area contributed by atoms with Crippen molar-refractivity contribution in [1.29, 1.82) is 0 Å². The van der Waals surface area contributed by atoms with Crippen molar-refractivity contribution in [3.05, 3.63) is 45.6 Å². The summed E-state index contributed by atoms with van der Waals surface area (Å²) in [6.45, 7) is 1.65. The predicted octanol–water partition coefficient (Wildman–Crippen LogP) is 2.15. The first-order valence-electron chi connectivity index (χ1n) is 8.08. The number of hydrogen-bond donors (Lipinski definition) is 1. The van der Waals surface area contributed by atoms with E-state index in [1.807, 2.05) is 12.1 Å². The van der Waals surface area contributed by atoms with Crippen LogP contribution in [0.1, 0.15) is 24.9 Å². The summed E-state index contributed by atoms with van der Waals surface area (Å²) < 4.78 is 29.4. The lowest BCUT2D eigenvalue weighted by atomic mass is 9.94. The monoisotopic (exact) mass is 442 g/mol. The van der Waals surface area contributed by atoms with Crippen molar-refractivity contribution in [2.75, 3.05) is 18.6 Å². The van der Waals surface area contributed by atoms with Crippen LogP contribution in [-0.2, 0) is 19.4 Å². The summed E-state index contributed by atoms with van der Waals surface area (Å²) in [5, 5.41) is 2.82. The molecule has 2 amide bonds. The van der Waals surface area contributed by atoms with Crippen LogP contribution in [-0.4, -0.2) is 50.0 Å². The summed E-state index contributed by atoms with van der Waals surface area (Å²) >= 11 is 3.36. The standard InChI is InChI=1S/C17H19BrN2O5S/c1-10-14(16(21)25-2)15(11-3-5-12(18)6-4-11)19-17(22)20(10)13-7-8-26(23,24)9-13/h3-6,13,15H,7-9H2,1-2H3,(H,19,22)/t13-,15+/m0/s1. The van der Waals surface area contributed by atoms with Gasteiger partial charge in [0.05, 0.1) is 36.3 Å². The molecule has 0 bridgehead atoms. The molecule has 7 nitrogen and oxygen atoms in total. The molecule has 0 radical (unpaired) electrons. The van der Waals surface area contributed by atoms with E-state index in [-0.39, 0.29) is 11.5 Å². The number of urea groups is 1. The molecular formula is C17H19BrN2O5S. The van der Waals surface area contributed by atoms with Gasteiger partial charge in [0, 0.05) is 10.2 Å². The van der Waals surface area contributed by atoms with Crippen molar-refractivity contribution < 1.29 is 22.7 Å². The highest BCUT2D eigenvalue weighted by atomic mass is 79.9. The number of methoxy groups -OCH3 is 1. The summed E-state index contributed by atoms with van der Waals surface area (Å²) in [7, 11) is -1.89. The number of amides is 2.